The first kappa shape index (κ1) is 41.3. The Hall–Kier alpha value is 0.326. The monoisotopic (exact) mass is 812 g/mol. The second-order valence-corrected chi connectivity index (χ2v) is 22.4. The van der Waals surface area contributed by atoms with Crippen LogP contribution in [0.3, 0.4) is 0 Å². The molecule has 3 unspecified atom stereocenters. The predicted octanol–water partition coefficient (Wildman–Crippen LogP) is 6.46. The summed E-state index contributed by atoms with van der Waals surface area (Å²) in [6, 6.07) is 8.60. The van der Waals surface area contributed by atoms with Crippen LogP contribution in [0.25, 0.3) is 6.08 Å². The van der Waals surface area contributed by atoms with E-state index in [4.69, 9.17) is 17.0 Å². The molecule has 0 heterocycles. The Morgan fingerprint density at radius 3 is 1.42 bits per heavy atom. The maximum absolute atomic E-state index is 6.17. The van der Waals surface area contributed by atoms with Crippen molar-refractivity contribution in [2.24, 2.45) is 17.3 Å². The third kappa shape index (κ3) is 8.07. The van der Waals surface area contributed by atoms with E-state index in [1.54, 1.807) is 47.0 Å². The van der Waals surface area contributed by atoms with E-state index < -0.39 is 19.4 Å². The van der Waals surface area contributed by atoms with Crippen LogP contribution in [0.2, 0.25) is 0 Å². The molecule has 0 aliphatic heterocycles. The Balaban J connectivity index is 0.000000328. The SMILES string of the molecule is CC1=C(C)C(C)(C)[C]([Zr]([Cl])[Cl])=C1C.CC1=C(C)C(C)C(C2=C(C)C(C)=C(C)C2C)=C1C.[Cl-].[Cl-].[Zr+2][CH]1C=Cc2ccccc21. The van der Waals surface area contributed by atoms with Gasteiger partial charge in [0.15, 0.2) is 0 Å². The van der Waals surface area contributed by atoms with E-state index in [2.05, 4.69) is 126 Å². The maximum atomic E-state index is 6.17. The van der Waals surface area contributed by atoms with E-state index in [0.717, 1.165) is 0 Å². The van der Waals surface area contributed by atoms with Gasteiger partial charge < -0.3 is 24.8 Å². The molecule has 0 radical (unpaired) electrons. The molecule has 4 aliphatic rings. The van der Waals surface area contributed by atoms with Crippen LogP contribution in [0, 0.1) is 17.3 Å². The molecule has 0 aromatic heterocycles. The minimum atomic E-state index is -2.25. The molecule has 3 atom stereocenters. The molecule has 0 saturated carbocycles. The molecule has 4 aliphatic carbocycles. The van der Waals surface area contributed by atoms with E-state index in [-0.39, 0.29) is 30.2 Å². The first-order valence-electron chi connectivity index (χ1n) is 14.8. The Morgan fingerprint density at radius 2 is 1.12 bits per heavy atom. The van der Waals surface area contributed by atoms with Gasteiger partial charge in [-0.05, 0) is 75.0 Å². The van der Waals surface area contributed by atoms with Crippen LogP contribution >= 0.6 is 17.0 Å². The van der Waals surface area contributed by atoms with Gasteiger partial charge in [-0.15, -0.1) is 0 Å². The normalized spacial score (nSPS) is 23.7. The van der Waals surface area contributed by atoms with Gasteiger partial charge in [-0.2, -0.15) is 0 Å². The summed E-state index contributed by atoms with van der Waals surface area (Å²) in [6.07, 6.45) is 4.50. The molecular formula is C37H48Cl4Zr2. The van der Waals surface area contributed by atoms with E-state index in [9.17, 15) is 0 Å². The summed E-state index contributed by atoms with van der Waals surface area (Å²) in [4.78, 5) is 0. The molecule has 1 aromatic carbocycles. The molecule has 232 valence electrons. The molecule has 0 amide bonds. The molecule has 0 bridgehead atoms. The number of halogens is 4. The summed E-state index contributed by atoms with van der Waals surface area (Å²) in [5.74, 6) is 1.19. The minimum absolute atomic E-state index is 0. The van der Waals surface area contributed by atoms with Crippen molar-refractivity contribution < 1.29 is 68.9 Å². The van der Waals surface area contributed by atoms with Crippen LogP contribution in [0.15, 0.2) is 94.9 Å². The number of rotatable bonds is 2. The molecule has 0 nitrogen and oxygen atoms in total. The molecule has 43 heavy (non-hydrogen) atoms. The fourth-order valence-electron chi connectivity index (χ4n) is 6.82. The number of fused-ring (bicyclic) bond motifs is 1. The van der Waals surface area contributed by atoms with Crippen molar-refractivity contribution in [3.8, 4) is 0 Å². The molecule has 0 N–H and O–H groups in total. The zero-order chi connectivity index (χ0) is 31.1. The van der Waals surface area contributed by atoms with E-state index in [1.165, 1.54) is 53.4 Å². The van der Waals surface area contributed by atoms with Gasteiger partial charge >= 0.3 is 172 Å². The van der Waals surface area contributed by atoms with Crippen molar-refractivity contribution >= 4 is 23.1 Å². The third-order valence-corrected chi connectivity index (χ3v) is 17.5. The van der Waals surface area contributed by atoms with Crippen LogP contribution in [0.4, 0.5) is 0 Å². The van der Waals surface area contributed by atoms with Gasteiger partial charge in [0.05, 0.1) is 0 Å². The van der Waals surface area contributed by atoms with Crippen molar-refractivity contribution in [1.82, 2.24) is 0 Å². The summed E-state index contributed by atoms with van der Waals surface area (Å²) in [6.45, 7) is 29.4. The van der Waals surface area contributed by atoms with E-state index in [0.29, 0.717) is 15.5 Å². The van der Waals surface area contributed by atoms with Crippen molar-refractivity contribution in [2.75, 3.05) is 0 Å². The van der Waals surface area contributed by atoms with Gasteiger partial charge in [-0.25, -0.2) is 0 Å². The number of benzene rings is 1. The summed E-state index contributed by atoms with van der Waals surface area (Å²) >= 11 is -0.659. The van der Waals surface area contributed by atoms with Gasteiger partial charge in [-0.3, -0.25) is 0 Å². The molecule has 1 aromatic rings. The average Bonchev–Trinajstić information content (AvgIpc) is 3.51. The van der Waals surface area contributed by atoms with Gasteiger partial charge in [-0.1, -0.05) is 25.0 Å². The summed E-state index contributed by atoms with van der Waals surface area (Å²) in [5, 5.41) is 0. The first-order valence-corrected chi connectivity index (χ1v) is 23.8. The first-order chi connectivity index (χ1) is 19.0. The number of hydrogen-bond donors (Lipinski definition) is 0. The number of hydrogen-bond acceptors (Lipinski definition) is 0. The second-order valence-electron chi connectivity index (χ2n) is 12.7. The van der Waals surface area contributed by atoms with Crippen LogP contribution in [0.1, 0.15) is 105 Å². The summed E-state index contributed by atoms with van der Waals surface area (Å²) in [5.41, 5.74) is 19.6. The standard InChI is InChI=1S/C18H26.C10H15.C9H7.4ClH.2Zr/c1-9-10(2)14(6)17(13(9)5)18-15(7)11(3)12(4)16(18)8;1-7-6-10(4,5)9(3)8(7)2;1-2-5-9-7-3-6-8(9)4-1;;;;;;/h13,15H,1-8H3;1-5H3;1-7H;4*1H;;/q;;;;;;;2*+2/p-4. The Kier molecular flexibility index (Phi) is 15.8. The zero-order valence-electron chi connectivity index (χ0n) is 28.2. The Bertz CT molecular complexity index is 1410. The van der Waals surface area contributed by atoms with Crippen LogP contribution < -0.4 is 24.8 Å². The quantitative estimate of drug-likeness (QED) is 0.322. The summed E-state index contributed by atoms with van der Waals surface area (Å²) < 4.78 is 2.07. The molecule has 5 rings (SSSR count). The fourth-order valence-corrected chi connectivity index (χ4v) is 15.0. The Labute approximate surface area is 305 Å². The van der Waals surface area contributed by atoms with Crippen molar-refractivity contribution in [2.45, 2.75) is 93.6 Å². The van der Waals surface area contributed by atoms with Gasteiger partial charge in [0, 0.05) is 11.8 Å². The number of allylic oxidation sites excluding steroid dienone is 13. The van der Waals surface area contributed by atoms with E-state index >= 15 is 0 Å². The molecule has 0 spiro atoms. The van der Waals surface area contributed by atoms with Crippen LogP contribution in [-0.2, 0) is 44.1 Å². The summed E-state index contributed by atoms with van der Waals surface area (Å²) in [7, 11) is 12.3. The van der Waals surface area contributed by atoms with Crippen LogP contribution in [-0.4, -0.2) is 0 Å². The molecule has 6 heteroatoms. The average molecular weight is 817 g/mol. The topological polar surface area (TPSA) is 0 Å². The van der Waals surface area contributed by atoms with Gasteiger partial charge in [0.2, 0.25) is 0 Å². The Morgan fingerprint density at radius 1 is 0.674 bits per heavy atom. The van der Waals surface area contributed by atoms with Crippen molar-refractivity contribution in [1.29, 1.82) is 0 Å². The predicted molar refractivity (Wildman–Crippen MR) is 175 cm³/mol. The van der Waals surface area contributed by atoms with Gasteiger partial charge in [0.25, 0.3) is 0 Å². The molecular weight excluding hydrogens is 769 g/mol. The molecule has 0 fully saturated rings. The third-order valence-electron chi connectivity index (χ3n) is 10.6. The zero-order valence-corrected chi connectivity index (χ0v) is 36.1. The van der Waals surface area contributed by atoms with Crippen molar-refractivity contribution in [3.63, 3.8) is 0 Å². The van der Waals surface area contributed by atoms with Gasteiger partial charge in [0.1, 0.15) is 0 Å². The second kappa shape index (κ2) is 16.4. The molecule has 0 saturated heterocycles. The van der Waals surface area contributed by atoms with Crippen molar-refractivity contribution in [3.05, 3.63) is 106 Å². The van der Waals surface area contributed by atoms with Crippen LogP contribution in [0.5, 0.6) is 0 Å². The van der Waals surface area contributed by atoms with E-state index in [1.807, 2.05) is 0 Å². The fraction of sp³-hybridized carbons (Fsp3) is 0.459.